The molecule has 1 aliphatic carbocycles. The Kier molecular flexibility index (Phi) is 7.38. The molecule has 2 aromatic carbocycles. The Hall–Kier alpha value is -2.16. The minimum atomic E-state index is -0.406. The molecule has 0 saturated heterocycles. The number of anilines is 2. The van der Waals surface area contributed by atoms with E-state index in [4.69, 9.17) is 5.73 Å². The second-order valence-electron chi connectivity index (χ2n) is 6.04. The van der Waals surface area contributed by atoms with Gasteiger partial charge in [-0.25, -0.2) is 9.38 Å². The van der Waals surface area contributed by atoms with Crippen molar-refractivity contribution in [2.75, 3.05) is 17.2 Å². The zero-order valence-electron chi connectivity index (χ0n) is 14.3. The predicted octanol–water partition coefficient (Wildman–Crippen LogP) is 3.69. The van der Waals surface area contributed by atoms with Crippen molar-refractivity contribution in [2.24, 2.45) is 10.7 Å². The molecule has 7 heteroatoms. The monoisotopic (exact) mass is 468 g/mol. The van der Waals surface area contributed by atoms with Gasteiger partial charge in [0.05, 0.1) is 0 Å². The second-order valence-corrected chi connectivity index (χ2v) is 6.04. The van der Waals surface area contributed by atoms with Crippen molar-refractivity contribution in [1.29, 1.82) is 0 Å². The Morgan fingerprint density at radius 1 is 1.12 bits per heavy atom. The fourth-order valence-corrected chi connectivity index (χ4v) is 3.00. The molecule has 26 heavy (non-hydrogen) atoms. The van der Waals surface area contributed by atoms with Gasteiger partial charge in [0.15, 0.2) is 5.96 Å². The number of nitrogens with one attached hydrogen (secondary N) is 2. The normalized spacial score (nSPS) is 13.3. The highest BCUT2D eigenvalue weighted by atomic mass is 127. The lowest BCUT2D eigenvalue weighted by Gasteiger charge is -2.19. The lowest BCUT2D eigenvalue weighted by molar-refractivity contribution is -0.114. The molecule has 0 aromatic heterocycles. The molecule has 0 heterocycles. The number of hydrogen-bond donors (Lipinski definition) is 3. The minimum Gasteiger partial charge on any atom is -0.370 e. The van der Waals surface area contributed by atoms with Crippen LogP contribution in [0.2, 0.25) is 0 Å². The van der Waals surface area contributed by atoms with E-state index in [2.05, 4.69) is 21.7 Å². The van der Waals surface area contributed by atoms with Gasteiger partial charge in [-0.2, -0.15) is 0 Å². The molecule has 0 radical (unpaired) electrons. The maximum atomic E-state index is 13.1. The highest BCUT2D eigenvalue weighted by Gasteiger charge is 2.13. The summed E-state index contributed by atoms with van der Waals surface area (Å²) in [6.45, 7) is -0.135. The molecule has 0 unspecified atom stereocenters. The number of halogens is 2. The van der Waals surface area contributed by atoms with Crippen LogP contribution in [0.3, 0.4) is 0 Å². The van der Waals surface area contributed by atoms with Crippen LogP contribution in [0.25, 0.3) is 0 Å². The number of hydrogen-bond acceptors (Lipinski definition) is 2. The number of benzene rings is 2. The van der Waals surface area contributed by atoms with Crippen molar-refractivity contribution < 1.29 is 9.18 Å². The van der Waals surface area contributed by atoms with E-state index in [0.717, 1.165) is 18.5 Å². The SMILES string of the molecule is I.NC(=NCC(=O)Nc1cccc(F)c1)Nc1cccc2c1CCCC2. The van der Waals surface area contributed by atoms with Crippen molar-refractivity contribution >= 4 is 47.2 Å². The van der Waals surface area contributed by atoms with Gasteiger partial charge in [0.2, 0.25) is 5.91 Å². The molecule has 1 aliphatic rings. The van der Waals surface area contributed by atoms with Crippen LogP contribution in [0.5, 0.6) is 0 Å². The topological polar surface area (TPSA) is 79.5 Å². The Morgan fingerprint density at radius 3 is 2.69 bits per heavy atom. The molecular formula is C19H22FIN4O. The van der Waals surface area contributed by atoms with Gasteiger partial charge in [0, 0.05) is 11.4 Å². The maximum Gasteiger partial charge on any atom is 0.246 e. The lowest BCUT2D eigenvalue weighted by Crippen LogP contribution is -2.26. The zero-order valence-corrected chi connectivity index (χ0v) is 16.6. The highest BCUT2D eigenvalue weighted by Crippen LogP contribution is 2.27. The average Bonchev–Trinajstić information content (AvgIpc) is 2.60. The third-order valence-electron chi connectivity index (χ3n) is 4.16. The van der Waals surface area contributed by atoms with Gasteiger partial charge in [0.25, 0.3) is 0 Å². The summed E-state index contributed by atoms with van der Waals surface area (Å²) in [7, 11) is 0. The maximum absolute atomic E-state index is 13.1. The Bertz CT molecular complexity index is 810. The number of carbonyl (C=O) groups excluding carboxylic acids is 1. The van der Waals surface area contributed by atoms with Gasteiger partial charge >= 0.3 is 0 Å². The molecule has 0 spiro atoms. The summed E-state index contributed by atoms with van der Waals surface area (Å²) in [5.41, 5.74) is 9.86. The number of amides is 1. The molecule has 5 nitrogen and oxygen atoms in total. The van der Waals surface area contributed by atoms with E-state index in [1.54, 1.807) is 6.07 Å². The first-order valence-corrected chi connectivity index (χ1v) is 8.35. The van der Waals surface area contributed by atoms with Gasteiger partial charge in [-0.15, -0.1) is 24.0 Å². The molecule has 0 saturated carbocycles. The Morgan fingerprint density at radius 2 is 1.88 bits per heavy atom. The number of carbonyl (C=O) groups is 1. The standard InChI is InChI=1S/C19H21FN4O.HI/c20-14-7-4-8-15(11-14)23-18(25)12-22-19(21)24-17-10-3-6-13-5-1-2-9-16(13)17;/h3-4,6-8,10-11H,1-2,5,9,12H2,(H,23,25)(H3,21,22,24);1H. The van der Waals surface area contributed by atoms with Gasteiger partial charge in [0.1, 0.15) is 12.4 Å². The molecule has 0 aliphatic heterocycles. The van der Waals surface area contributed by atoms with Crippen LogP contribution in [0.4, 0.5) is 15.8 Å². The third-order valence-corrected chi connectivity index (χ3v) is 4.16. The van der Waals surface area contributed by atoms with Crippen molar-refractivity contribution in [1.82, 2.24) is 0 Å². The summed E-state index contributed by atoms with van der Waals surface area (Å²) in [6.07, 6.45) is 4.48. The minimum absolute atomic E-state index is 0. The lowest BCUT2D eigenvalue weighted by atomic mass is 9.90. The smallest absolute Gasteiger partial charge is 0.246 e. The van der Waals surface area contributed by atoms with E-state index in [-0.39, 0.29) is 42.4 Å². The van der Waals surface area contributed by atoms with Crippen molar-refractivity contribution in [3.63, 3.8) is 0 Å². The molecule has 2 aromatic rings. The molecule has 0 bridgehead atoms. The van der Waals surface area contributed by atoms with E-state index in [9.17, 15) is 9.18 Å². The van der Waals surface area contributed by atoms with Crippen molar-refractivity contribution in [3.8, 4) is 0 Å². The van der Waals surface area contributed by atoms with Crippen LogP contribution in [0.1, 0.15) is 24.0 Å². The zero-order chi connectivity index (χ0) is 17.6. The van der Waals surface area contributed by atoms with Crippen molar-refractivity contribution in [3.05, 3.63) is 59.4 Å². The summed E-state index contributed by atoms with van der Waals surface area (Å²) < 4.78 is 13.1. The molecule has 3 rings (SSSR count). The van der Waals surface area contributed by atoms with Crippen molar-refractivity contribution in [2.45, 2.75) is 25.7 Å². The van der Waals surface area contributed by atoms with Crippen LogP contribution in [0.15, 0.2) is 47.5 Å². The van der Waals surface area contributed by atoms with E-state index in [1.807, 2.05) is 12.1 Å². The van der Waals surface area contributed by atoms with Gasteiger partial charge in [-0.1, -0.05) is 18.2 Å². The molecule has 0 atom stereocenters. The van der Waals surface area contributed by atoms with E-state index in [0.29, 0.717) is 5.69 Å². The van der Waals surface area contributed by atoms with E-state index < -0.39 is 5.82 Å². The van der Waals surface area contributed by atoms with Crippen LogP contribution < -0.4 is 16.4 Å². The summed E-state index contributed by atoms with van der Waals surface area (Å²) in [5, 5.41) is 5.67. The number of nitrogens with two attached hydrogens (primary N) is 1. The fourth-order valence-electron chi connectivity index (χ4n) is 3.00. The van der Waals surface area contributed by atoms with E-state index >= 15 is 0 Å². The summed E-state index contributed by atoms with van der Waals surface area (Å²) in [6, 6.07) is 11.8. The number of nitrogens with zero attached hydrogens (tertiary/aromatic N) is 1. The van der Waals surface area contributed by atoms with Gasteiger partial charge < -0.3 is 16.4 Å². The van der Waals surface area contributed by atoms with Crippen LogP contribution >= 0.6 is 24.0 Å². The fraction of sp³-hybridized carbons (Fsp3) is 0.263. The number of aliphatic imine (C=N–C) groups is 1. The number of rotatable bonds is 4. The number of aryl methyl sites for hydroxylation is 1. The first-order valence-electron chi connectivity index (χ1n) is 8.35. The Labute approximate surface area is 169 Å². The number of fused-ring (bicyclic) bond motifs is 1. The van der Waals surface area contributed by atoms with E-state index in [1.165, 1.54) is 42.2 Å². The van der Waals surface area contributed by atoms with Crippen LogP contribution in [0, 0.1) is 5.82 Å². The summed E-state index contributed by atoms with van der Waals surface area (Å²) in [4.78, 5) is 16.0. The summed E-state index contributed by atoms with van der Waals surface area (Å²) >= 11 is 0. The van der Waals surface area contributed by atoms with Gasteiger partial charge in [-0.05, 0) is 61.1 Å². The quantitative estimate of drug-likeness (QED) is 0.364. The Balaban J connectivity index is 0.00000243. The van der Waals surface area contributed by atoms with Crippen LogP contribution in [-0.4, -0.2) is 18.4 Å². The first-order chi connectivity index (χ1) is 12.1. The first kappa shape index (κ1) is 20.2. The van der Waals surface area contributed by atoms with Crippen LogP contribution in [-0.2, 0) is 17.6 Å². The highest BCUT2D eigenvalue weighted by molar-refractivity contribution is 14.0. The molecule has 4 N–H and O–H groups in total. The van der Waals surface area contributed by atoms with Gasteiger partial charge in [-0.3, -0.25) is 4.79 Å². The third kappa shape index (κ3) is 5.42. The molecule has 138 valence electrons. The molecule has 1 amide bonds. The number of guanidine groups is 1. The summed E-state index contributed by atoms with van der Waals surface area (Å²) in [5.74, 6) is -0.574. The molecule has 0 fully saturated rings. The predicted molar refractivity (Wildman–Crippen MR) is 114 cm³/mol. The average molecular weight is 468 g/mol. The largest absolute Gasteiger partial charge is 0.370 e. The molecular weight excluding hydrogens is 446 g/mol. The second kappa shape index (κ2) is 9.51.